The summed E-state index contributed by atoms with van der Waals surface area (Å²) in [7, 11) is 1.97. The van der Waals surface area contributed by atoms with Gasteiger partial charge in [0.2, 0.25) is 0 Å². The molecule has 0 amide bonds. The third kappa shape index (κ3) is 2.57. The van der Waals surface area contributed by atoms with Crippen molar-refractivity contribution >= 4 is 0 Å². The Balaban J connectivity index is 1.69. The fraction of sp³-hybridized carbons (Fsp3) is 0.846. The van der Waals surface area contributed by atoms with Gasteiger partial charge < -0.3 is 5.32 Å². The van der Waals surface area contributed by atoms with Gasteiger partial charge in [-0.1, -0.05) is 0 Å². The van der Waals surface area contributed by atoms with Crippen LogP contribution in [0, 0.1) is 5.92 Å². The van der Waals surface area contributed by atoms with Crippen molar-refractivity contribution in [2.75, 3.05) is 13.1 Å². The first kappa shape index (κ1) is 12.1. The van der Waals surface area contributed by atoms with Crippen molar-refractivity contribution in [3.05, 3.63) is 12.2 Å². The van der Waals surface area contributed by atoms with Crippen molar-refractivity contribution < 1.29 is 0 Å². The maximum absolute atomic E-state index is 4.35. The van der Waals surface area contributed by atoms with Gasteiger partial charge in [0.1, 0.15) is 12.2 Å². The lowest BCUT2D eigenvalue weighted by Crippen LogP contribution is -2.41. The first-order chi connectivity index (χ1) is 8.74. The zero-order valence-corrected chi connectivity index (χ0v) is 11.3. The molecule has 2 atom stereocenters. The largest absolute Gasteiger partial charge is 0.312 e. The van der Waals surface area contributed by atoms with Crippen LogP contribution >= 0.6 is 0 Å². The fourth-order valence-corrected chi connectivity index (χ4v) is 2.84. The van der Waals surface area contributed by atoms with Gasteiger partial charge in [0.05, 0.1) is 6.54 Å². The van der Waals surface area contributed by atoms with Crippen LogP contribution in [0.2, 0.25) is 0 Å². The SMILES string of the molecule is CC1CCNC(C2CC2)CN1Cc1ncnn1C. The number of aryl methyl sites for hydroxylation is 1. The van der Waals surface area contributed by atoms with Crippen LogP contribution in [-0.4, -0.2) is 44.8 Å². The molecule has 0 bridgehead atoms. The minimum atomic E-state index is 0.623. The van der Waals surface area contributed by atoms with E-state index in [0.717, 1.165) is 31.4 Å². The average Bonchev–Trinajstić information content (AvgIpc) is 3.12. The maximum atomic E-state index is 4.35. The summed E-state index contributed by atoms with van der Waals surface area (Å²) in [5.41, 5.74) is 0. The summed E-state index contributed by atoms with van der Waals surface area (Å²) in [4.78, 5) is 6.91. The molecule has 2 aliphatic rings. The summed E-state index contributed by atoms with van der Waals surface area (Å²) < 4.78 is 1.89. The molecule has 2 unspecified atom stereocenters. The van der Waals surface area contributed by atoms with Gasteiger partial charge in [0.15, 0.2) is 0 Å². The summed E-state index contributed by atoms with van der Waals surface area (Å²) in [5, 5.41) is 7.87. The van der Waals surface area contributed by atoms with E-state index >= 15 is 0 Å². The molecule has 3 rings (SSSR count). The van der Waals surface area contributed by atoms with Crippen molar-refractivity contribution in [3.63, 3.8) is 0 Å². The lowest BCUT2D eigenvalue weighted by molar-refractivity contribution is 0.184. The van der Waals surface area contributed by atoms with Crippen LogP contribution in [-0.2, 0) is 13.6 Å². The van der Waals surface area contributed by atoms with Gasteiger partial charge in [-0.05, 0) is 38.6 Å². The summed E-state index contributed by atoms with van der Waals surface area (Å²) >= 11 is 0. The molecule has 1 aliphatic carbocycles. The predicted octanol–water partition coefficient (Wildman–Crippen LogP) is 0.777. The number of hydrogen-bond donors (Lipinski definition) is 1. The topological polar surface area (TPSA) is 46.0 Å². The van der Waals surface area contributed by atoms with Crippen LogP contribution < -0.4 is 5.32 Å². The molecular formula is C13H23N5. The molecule has 5 nitrogen and oxygen atoms in total. The molecule has 5 heteroatoms. The lowest BCUT2D eigenvalue weighted by atomic mass is 10.1. The zero-order chi connectivity index (χ0) is 12.5. The minimum absolute atomic E-state index is 0.623. The third-order valence-corrected chi connectivity index (χ3v) is 4.36. The van der Waals surface area contributed by atoms with Crippen molar-refractivity contribution in [3.8, 4) is 0 Å². The van der Waals surface area contributed by atoms with Crippen LogP contribution in [0.25, 0.3) is 0 Å². The molecular weight excluding hydrogens is 226 g/mol. The second kappa shape index (κ2) is 4.97. The van der Waals surface area contributed by atoms with E-state index in [2.05, 4.69) is 27.2 Å². The fourth-order valence-electron chi connectivity index (χ4n) is 2.84. The first-order valence-corrected chi connectivity index (χ1v) is 7.04. The smallest absolute Gasteiger partial charge is 0.140 e. The Morgan fingerprint density at radius 2 is 2.22 bits per heavy atom. The van der Waals surface area contributed by atoms with Gasteiger partial charge in [0.25, 0.3) is 0 Å². The van der Waals surface area contributed by atoms with Crippen molar-refractivity contribution in [1.82, 2.24) is 25.0 Å². The van der Waals surface area contributed by atoms with Crippen LogP contribution in [0.4, 0.5) is 0 Å². The molecule has 100 valence electrons. The molecule has 0 spiro atoms. The molecule has 0 aromatic carbocycles. The highest BCUT2D eigenvalue weighted by Crippen LogP contribution is 2.34. The number of nitrogens with zero attached hydrogens (tertiary/aromatic N) is 4. The molecule has 0 radical (unpaired) electrons. The second-order valence-corrected chi connectivity index (χ2v) is 5.77. The number of rotatable bonds is 3. The van der Waals surface area contributed by atoms with Crippen molar-refractivity contribution in [2.45, 2.75) is 44.8 Å². The minimum Gasteiger partial charge on any atom is -0.312 e. The van der Waals surface area contributed by atoms with Gasteiger partial charge in [0, 0.05) is 25.7 Å². The van der Waals surface area contributed by atoms with E-state index < -0.39 is 0 Å². The van der Waals surface area contributed by atoms with Crippen LogP contribution in [0.1, 0.15) is 32.0 Å². The molecule has 1 aromatic heterocycles. The summed E-state index contributed by atoms with van der Waals surface area (Å²) in [6.07, 6.45) is 5.68. The van der Waals surface area contributed by atoms with E-state index in [0.29, 0.717) is 12.1 Å². The standard InChI is InChI=1S/C13H23N5/c1-10-5-6-14-12(11-3-4-11)7-18(10)8-13-15-9-16-17(13)2/h9-12,14H,3-8H2,1-2H3. The van der Waals surface area contributed by atoms with Crippen LogP contribution in [0.3, 0.4) is 0 Å². The van der Waals surface area contributed by atoms with E-state index in [-0.39, 0.29) is 0 Å². The van der Waals surface area contributed by atoms with Gasteiger partial charge in [-0.3, -0.25) is 9.58 Å². The maximum Gasteiger partial charge on any atom is 0.140 e. The molecule has 1 saturated carbocycles. The Bertz CT molecular complexity index is 398. The quantitative estimate of drug-likeness (QED) is 0.860. The van der Waals surface area contributed by atoms with Crippen LogP contribution in [0.5, 0.6) is 0 Å². The van der Waals surface area contributed by atoms with Crippen molar-refractivity contribution in [2.24, 2.45) is 13.0 Å². The molecule has 2 heterocycles. The monoisotopic (exact) mass is 249 g/mol. The first-order valence-electron chi connectivity index (χ1n) is 7.04. The molecule has 1 saturated heterocycles. The normalized spacial score (nSPS) is 30.3. The highest BCUT2D eigenvalue weighted by Gasteiger charge is 2.34. The lowest BCUT2D eigenvalue weighted by Gasteiger charge is -2.28. The molecule has 2 fully saturated rings. The van der Waals surface area contributed by atoms with E-state index in [9.17, 15) is 0 Å². The van der Waals surface area contributed by atoms with E-state index in [1.165, 1.54) is 19.3 Å². The average molecular weight is 249 g/mol. The molecule has 1 aliphatic heterocycles. The number of aromatic nitrogens is 3. The van der Waals surface area contributed by atoms with E-state index in [4.69, 9.17) is 0 Å². The van der Waals surface area contributed by atoms with E-state index in [1.54, 1.807) is 6.33 Å². The predicted molar refractivity (Wildman–Crippen MR) is 70.0 cm³/mol. The van der Waals surface area contributed by atoms with Gasteiger partial charge in [-0.25, -0.2) is 4.98 Å². The Kier molecular flexibility index (Phi) is 3.35. The summed E-state index contributed by atoms with van der Waals surface area (Å²) in [5.74, 6) is 1.98. The summed E-state index contributed by atoms with van der Waals surface area (Å²) in [6, 6.07) is 1.31. The second-order valence-electron chi connectivity index (χ2n) is 5.77. The number of nitrogens with one attached hydrogen (secondary N) is 1. The zero-order valence-electron chi connectivity index (χ0n) is 11.3. The Morgan fingerprint density at radius 1 is 1.39 bits per heavy atom. The van der Waals surface area contributed by atoms with Crippen LogP contribution in [0.15, 0.2) is 6.33 Å². The Labute approximate surface area is 109 Å². The number of hydrogen-bond acceptors (Lipinski definition) is 4. The van der Waals surface area contributed by atoms with Gasteiger partial charge in [-0.15, -0.1) is 0 Å². The Hall–Kier alpha value is -0.940. The molecule has 1 N–H and O–H groups in total. The highest BCUT2D eigenvalue weighted by atomic mass is 15.3. The van der Waals surface area contributed by atoms with Crippen molar-refractivity contribution in [1.29, 1.82) is 0 Å². The third-order valence-electron chi connectivity index (χ3n) is 4.36. The van der Waals surface area contributed by atoms with Gasteiger partial charge >= 0.3 is 0 Å². The van der Waals surface area contributed by atoms with Gasteiger partial charge in [-0.2, -0.15) is 5.10 Å². The molecule has 18 heavy (non-hydrogen) atoms. The highest BCUT2D eigenvalue weighted by molar-refractivity contribution is 4.93. The molecule has 1 aromatic rings. The summed E-state index contributed by atoms with van der Waals surface area (Å²) in [6.45, 7) is 5.55. The Morgan fingerprint density at radius 3 is 2.89 bits per heavy atom. The van der Waals surface area contributed by atoms with E-state index in [1.807, 2.05) is 11.7 Å².